The fourth-order valence-electron chi connectivity index (χ4n) is 1.20. The molecule has 0 saturated heterocycles. The highest BCUT2D eigenvalue weighted by atomic mass is 35.5. The van der Waals surface area contributed by atoms with Gasteiger partial charge in [-0.05, 0) is 24.6 Å². The molecule has 0 aliphatic rings. The van der Waals surface area contributed by atoms with E-state index in [2.05, 4.69) is 0 Å². The van der Waals surface area contributed by atoms with Crippen molar-refractivity contribution in [2.24, 2.45) is 0 Å². The normalized spacial score (nSPS) is 10.6. The number of aryl methyl sites for hydroxylation is 1. The highest BCUT2D eigenvalue weighted by Gasteiger charge is 2.03. The Hall–Kier alpha value is -1.28. The van der Waals surface area contributed by atoms with Gasteiger partial charge >= 0.3 is 0 Å². The molecule has 0 bridgehead atoms. The zero-order valence-electron chi connectivity index (χ0n) is 7.00. The molecule has 0 saturated carbocycles. The Morgan fingerprint density at radius 2 is 2.15 bits per heavy atom. The maximum atomic E-state index is 11.3. The van der Waals surface area contributed by atoms with Crippen molar-refractivity contribution in [1.29, 1.82) is 0 Å². The van der Waals surface area contributed by atoms with Gasteiger partial charge in [0.1, 0.15) is 5.58 Å². The van der Waals surface area contributed by atoms with Gasteiger partial charge < -0.3 is 4.42 Å². The smallest absolute Gasteiger partial charge is 0.192 e. The Morgan fingerprint density at radius 1 is 1.38 bits per heavy atom. The molecule has 3 heteroatoms. The van der Waals surface area contributed by atoms with Crippen molar-refractivity contribution in [2.75, 3.05) is 0 Å². The number of benzene rings is 1. The molecule has 2 aromatic rings. The summed E-state index contributed by atoms with van der Waals surface area (Å²) in [5, 5.41) is 1.11. The van der Waals surface area contributed by atoms with Crippen molar-refractivity contribution in [3.05, 3.63) is 45.3 Å². The zero-order valence-corrected chi connectivity index (χ0v) is 7.76. The molecule has 0 unspecified atom stereocenters. The van der Waals surface area contributed by atoms with Gasteiger partial charge in [-0.15, -0.1) is 0 Å². The molecule has 0 atom stereocenters. The van der Waals surface area contributed by atoms with Crippen LogP contribution < -0.4 is 5.43 Å². The average molecular weight is 195 g/mol. The predicted octanol–water partition coefficient (Wildman–Crippen LogP) is 2.75. The summed E-state index contributed by atoms with van der Waals surface area (Å²) in [5.41, 5.74) is 1.42. The predicted molar refractivity (Wildman–Crippen MR) is 52.2 cm³/mol. The molecule has 0 spiro atoms. The first-order chi connectivity index (χ1) is 6.18. The third-order valence-corrected chi connectivity index (χ3v) is 2.35. The number of rotatable bonds is 0. The number of hydrogen-bond donors (Lipinski definition) is 0. The zero-order chi connectivity index (χ0) is 9.42. The van der Waals surface area contributed by atoms with Crippen LogP contribution in [0.1, 0.15) is 5.56 Å². The minimum atomic E-state index is -0.0665. The number of hydrogen-bond acceptors (Lipinski definition) is 2. The fraction of sp³-hybridized carbons (Fsp3) is 0.100. The van der Waals surface area contributed by atoms with Crippen LogP contribution in [0.4, 0.5) is 0 Å². The third kappa shape index (κ3) is 1.33. The van der Waals surface area contributed by atoms with E-state index in [1.165, 1.54) is 12.3 Å². The second-order valence-electron chi connectivity index (χ2n) is 2.88. The van der Waals surface area contributed by atoms with Crippen molar-refractivity contribution in [2.45, 2.75) is 6.92 Å². The lowest BCUT2D eigenvalue weighted by Gasteiger charge is -1.99. The van der Waals surface area contributed by atoms with E-state index in [9.17, 15) is 4.79 Å². The average Bonchev–Trinajstić information content (AvgIpc) is 2.09. The van der Waals surface area contributed by atoms with Crippen LogP contribution in [0.2, 0.25) is 5.02 Å². The highest BCUT2D eigenvalue weighted by molar-refractivity contribution is 6.32. The van der Waals surface area contributed by atoms with Crippen LogP contribution in [0.15, 0.2) is 33.7 Å². The second-order valence-corrected chi connectivity index (χ2v) is 3.29. The quantitative estimate of drug-likeness (QED) is 0.646. The summed E-state index contributed by atoms with van der Waals surface area (Å²) in [7, 11) is 0. The lowest BCUT2D eigenvalue weighted by atomic mass is 10.1. The standard InChI is InChI=1S/C10H7ClO2/c1-6-4-10-7(5-8(6)11)9(12)2-3-13-10/h2-5H,1H3. The van der Waals surface area contributed by atoms with Gasteiger partial charge in [-0.1, -0.05) is 11.6 Å². The molecule has 0 amide bonds. The summed E-state index contributed by atoms with van der Waals surface area (Å²) < 4.78 is 5.17. The topological polar surface area (TPSA) is 30.2 Å². The van der Waals surface area contributed by atoms with Crippen molar-refractivity contribution >= 4 is 22.6 Å². The van der Waals surface area contributed by atoms with Gasteiger partial charge in [-0.2, -0.15) is 0 Å². The fourth-order valence-corrected chi connectivity index (χ4v) is 1.37. The van der Waals surface area contributed by atoms with E-state index in [0.29, 0.717) is 16.0 Å². The lowest BCUT2D eigenvalue weighted by molar-refractivity contribution is 0.602. The Labute approximate surface area is 79.7 Å². The molecule has 0 aliphatic heterocycles. The largest absolute Gasteiger partial charge is 0.464 e. The molecular weight excluding hydrogens is 188 g/mol. The van der Waals surface area contributed by atoms with Gasteiger partial charge in [0.05, 0.1) is 11.6 Å². The summed E-state index contributed by atoms with van der Waals surface area (Å²) in [4.78, 5) is 11.3. The van der Waals surface area contributed by atoms with Crippen LogP contribution in [0.25, 0.3) is 11.0 Å². The van der Waals surface area contributed by atoms with Crippen LogP contribution in [0.5, 0.6) is 0 Å². The van der Waals surface area contributed by atoms with Gasteiger partial charge in [0.2, 0.25) is 0 Å². The van der Waals surface area contributed by atoms with Gasteiger partial charge in [0.15, 0.2) is 5.43 Å². The molecule has 1 heterocycles. The molecule has 66 valence electrons. The minimum Gasteiger partial charge on any atom is -0.464 e. The lowest BCUT2D eigenvalue weighted by Crippen LogP contribution is -1.97. The highest BCUT2D eigenvalue weighted by Crippen LogP contribution is 2.20. The van der Waals surface area contributed by atoms with Crippen molar-refractivity contribution in [3.8, 4) is 0 Å². The van der Waals surface area contributed by atoms with E-state index in [4.69, 9.17) is 16.0 Å². The van der Waals surface area contributed by atoms with E-state index in [1.54, 1.807) is 12.1 Å². The van der Waals surface area contributed by atoms with E-state index in [-0.39, 0.29) is 5.43 Å². The first-order valence-electron chi connectivity index (χ1n) is 3.86. The van der Waals surface area contributed by atoms with E-state index in [1.807, 2.05) is 6.92 Å². The van der Waals surface area contributed by atoms with Crippen molar-refractivity contribution in [1.82, 2.24) is 0 Å². The van der Waals surface area contributed by atoms with E-state index in [0.717, 1.165) is 5.56 Å². The first kappa shape index (κ1) is 8.32. The maximum Gasteiger partial charge on any atom is 0.192 e. The monoisotopic (exact) mass is 194 g/mol. The first-order valence-corrected chi connectivity index (χ1v) is 4.24. The Morgan fingerprint density at radius 3 is 2.92 bits per heavy atom. The van der Waals surface area contributed by atoms with Gasteiger partial charge in [-0.25, -0.2) is 0 Å². The molecule has 13 heavy (non-hydrogen) atoms. The Bertz CT molecular complexity index is 514. The molecule has 0 N–H and O–H groups in total. The Balaban J connectivity index is 2.97. The van der Waals surface area contributed by atoms with E-state index >= 15 is 0 Å². The van der Waals surface area contributed by atoms with Gasteiger partial charge in [-0.3, -0.25) is 4.79 Å². The summed E-state index contributed by atoms with van der Waals surface area (Å²) >= 11 is 5.88. The summed E-state index contributed by atoms with van der Waals surface area (Å²) in [6.07, 6.45) is 1.39. The second kappa shape index (κ2) is 2.89. The summed E-state index contributed by atoms with van der Waals surface area (Å²) in [5.74, 6) is 0. The van der Waals surface area contributed by atoms with Crippen molar-refractivity contribution < 1.29 is 4.42 Å². The summed E-state index contributed by atoms with van der Waals surface area (Å²) in [6, 6.07) is 4.78. The van der Waals surface area contributed by atoms with Crippen molar-refractivity contribution in [3.63, 3.8) is 0 Å². The van der Waals surface area contributed by atoms with Crippen LogP contribution in [-0.2, 0) is 0 Å². The van der Waals surface area contributed by atoms with Crippen LogP contribution in [0.3, 0.4) is 0 Å². The van der Waals surface area contributed by atoms with Gasteiger partial charge in [0.25, 0.3) is 0 Å². The molecule has 0 aliphatic carbocycles. The Kier molecular flexibility index (Phi) is 1.85. The maximum absolute atomic E-state index is 11.3. The number of halogens is 1. The molecule has 2 rings (SSSR count). The molecule has 1 aromatic carbocycles. The molecule has 0 fully saturated rings. The molecular formula is C10H7ClO2. The molecule has 0 radical (unpaired) electrons. The van der Waals surface area contributed by atoms with Crippen LogP contribution in [-0.4, -0.2) is 0 Å². The van der Waals surface area contributed by atoms with Gasteiger partial charge in [0, 0.05) is 11.1 Å². The third-order valence-electron chi connectivity index (χ3n) is 1.94. The SMILES string of the molecule is Cc1cc2occc(=O)c2cc1Cl. The van der Waals surface area contributed by atoms with Crippen LogP contribution in [0, 0.1) is 6.92 Å². The number of fused-ring (bicyclic) bond motifs is 1. The molecule has 2 nitrogen and oxygen atoms in total. The molecule has 1 aromatic heterocycles. The van der Waals surface area contributed by atoms with Crippen LogP contribution >= 0.6 is 11.6 Å². The summed E-state index contributed by atoms with van der Waals surface area (Å²) in [6.45, 7) is 1.87. The minimum absolute atomic E-state index is 0.0665. The van der Waals surface area contributed by atoms with E-state index < -0.39 is 0 Å².